The van der Waals surface area contributed by atoms with Gasteiger partial charge in [-0.2, -0.15) is 11.8 Å². The molecule has 2 aromatic rings. The van der Waals surface area contributed by atoms with Gasteiger partial charge in [-0.05, 0) is 42.2 Å². The SMILES string of the molecule is CSCc1cccc(NC(=O)c2ccc3c(c2)OCCO3)c1. The second-order valence-electron chi connectivity index (χ2n) is 4.95. The summed E-state index contributed by atoms with van der Waals surface area (Å²) in [6.45, 7) is 1.05. The van der Waals surface area contributed by atoms with Gasteiger partial charge in [0, 0.05) is 17.0 Å². The van der Waals surface area contributed by atoms with Crippen molar-refractivity contribution in [2.45, 2.75) is 5.75 Å². The third kappa shape index (κ3) is 3.36. The minimum absolute atomic E-state index is 0.154. The maximum Gasteiger partial charge on any atom is 0.255 e. The normalized spacial score (nSPS) is 12.8. The first-order valence-corrected chi connectivity index (χ1v) is 8.44. The molecule has 0 spiro atoms. The predicted molar refractivity (Wildman–Crippen MR) is 89.0 cm³/mol. The van der Waals surface area contributed by atoms with E-state index in [1.165, 1.54) is 5.56 Å². The Kier molecular flexibility index (Phi) is 4.53. The molecule has 0 aliphatic carbocycles. The summed E-state index contributed by atoms with van der Waals surface area (Å²) in [7, 11) is 0. The maximum atomic E-state index is 12.4. The number of hydrogen-bond acceptors (Lipinski definition) is 4. The number of carbonyl (C=O) groups is 1. The molecule has 1 amide bonds. The number of amides is 1. The Bertz CT molecular complexity index is 687. The van der Waals surface area contributed by atoms with Gasteiger partial charge in [0.25, 0.3) is 5.91 Å². The van der Waals surface area contributed by atoms with Crippen LogP contribution in [-0.2, 0) is 5.75 Å². The minimum atomic E-state index is -0.154. The molecule has 114 valence electrons. The summed E-state index contributed by atoms with van der Waals surface area (Å²) in [6.07, 6.45) is 2.06. The molecule has 0 unspecified atom stereocenters. The molecule has 1 heterocycles. The van der Waals surface area contributed by atoms with Gasteiger partial charge in [-0.1, -0.05) is 12.1 Å². The fraction of sp³-hybridized carbons (Fsp3) is 0.235. The third-order valence-corrected chi connectivity index (χ3v) is 3.92. The molecule has 0 saturated heterocycles. The van der Waals surface area contributed by atoms with Gasteiger partial charge in [-0.3, -0.25) is 4.79 Å². The molecule has 22 heavy (non-hydrogen) atoms. The van der Waals surface area contributed by atoms with Crippen molar-refractivity contribution in [1.29, 1.82) is 0 Å². The Morgan fingerprint density at radius 2 is 1.95 bits per heavy atom. The van der Waals surface area contributed by atoms with Gasteiger partial charge in [-0.15, -0.1) is 0 Å². The van der Waals surface area contributed by atoms with Gasteiger partial charge in [0.15, 0.2) is 11.5 Å². The molecular formula is C17H17NO3S. The molecule has 1 N–H and O–H groups in total. The molecule has 0 radical (unpaired) electrons. The van der Waals surface area contributed by atoms with Crippen LogP contribution in [0.15, 0.2) is 42.5 Å². The molecule has 0 bridgehead atoms. The van der Waals surface area contributed by atoms with E-state index in [1.54, 1.807) is 30.0 Å². The van der Waals surface area contributed by atoms with Crippen LogP contribution in [0.5, 0.6) is 11.5 Å². The maximum absolute atomic E-state index is 12.4. The van der Waals surface area contributed by atoms with E-state index in [0.717, 1.165) is 11.4 Å². The monoisotopic (exact) mass is 315 g/mol. The van der Waals surface area contributed by atoms with E-state index in [2.05, 4.69) is 17.6 Å². The second kappa shape index (κ2) is 6.75. The summed E-state index contributed by atoms with van der Waals surface area (Å²) in [4.78, 5) is 12.4. The van der Waals surface area contributed by atoms with E-state index < -0.39 is 0 Å². The number of rotatable bonds is 4. The van der Waals surface area contributed by atoms with Crippen molar-refractivity contribution in [2.75, 3.05) is 24.8 Å². The van der Waals surface area contributed by atoms with Gasteiger partial charge in [-0.25, -0.2) is 0 Å². The first-order valence-electron chi connectivity index (χ1n) is 7.05. The van der Waals surface area contributed by atoms with E-state index in [9.17, 15) is 4.79 Å². The molecule has 0 aromatic heterocycles. The van der Waals surface area contributed by atoms with Crippen molar-refractivity contribution in [2.24, 2.45) is 0 Å². The van der Waals surface area contributed by atoms with Gasteiger partial charge < -0.3 is 14.8 Å². The van der Waals surface area contributed by atoms with Crippen molar-refractivity contribution in [3.8, 4) is 11.5 Å². The first kappa shape index (κ1) is 14.8. The van der Waals surface area contributed by atoms with E-state index in [4.69, 9.17) is 9.47 Å². The lowest BCUT2D eigenvalue weighted by Gasteiger charge is -2.18. The number of thioether (sulfide) groups is 1. The summed E-state index contributed by atoms with van der Waals surface area (Å²) in [6, 6.07) is 13.1. The van der Waals surface area contributed by atoms with Crippen LogP contribution in [-0.4, -0.2) is 25.4 Å². The van der Waals surface area contributed by atoms with Crippen LogP contribution in [0.2, 0.25) is 0 Å². The Morgan fingerprint density at radius 1 is 1.14 bits per heavy atom. The first-order chi connectivity index (χ1) is 10.8. The summed E-state index contributed by atoms with van der Waals surface area (Å²) < 4.78 is 11.0. The second-order valence-corrected chi connectivity index (χ2v) is 5.81. The zero-order valence-corrected chi connectivity index (χ0v) is 13.1. The molecule has 5 heteroatoms. The fourth-order valence-corrected chi connectivity index (χ4v) is 2.81. The number of ether oxygens (including phenoxy) is 2. The number of anilines is 1. The van der Waals surface area contributed by atoms with E-state index in [1.807, 2.05) is 18.2 Å². The molecule has 0 fully saturated rings. The quantitative estimate of drug-likeness (QED) is 0.937. The summed E-state index contributed by atoms with van der Waals surface area (Å²) >= 11 is 1.75. The van der Waals surface area contributed by atoms with E-state index >= 15 is 0 Å². The lowest BCUT2D eigenvalue weighted by Crippen LogP contribution is -2.17. The smallest absolute Gasteiger partial charge is 0.255 e. The number of hydrogen-bond donors (Lipinski definition) is 1. The number of benzene rings is 2. The van der Waals surface area contributed by atoms with Crippen LogP contribution in [0.4, 0.5) is 5.69 Å². The molecule has 4 nitrogen and oxygen atoms in total. The van der Waals surface area contributed by atoms with Crippen LogP contribution in [0.1, 0.15) is 15.9 Å². The summed E-state index contributed by atoms with van der Waals surface area (Å²) in [5, 5.41) is 2.92. The number of fused-ring (bicyclic) bond motifs is 1. The summed E-state index contributed by atoms with van der Waals surface area (Å²) in [5.41, 5.74) is 2.54. The molecular weight excluding hydrogens is 298 g/mol. The molecule has 1 aliphatic heterocycles. The standard InChI is InChI=1S/C17H17NO3S/c1-22-11-12-3-2-4-14(9-12)18-17(19)13-5-6-15-16(10-13)21-8-7-20-15/h2-6,9-10H,7-8,11H2,1H3,(H,18,19). The molecule has 3 rings (SSSR count). The van der Waals surface area contributed by atoms with Crippen LogP contribution in [0.3, 0.4) is 0 Å². The Hall–Kier alpha value is -2.14. The molecule has 0 saturated carbocycles. The predicted octanol–water partition coefficient (Wildman–Crippen LogP) is 3.57. The highest BCUT2D eigenvalue weighted by atomic mass is 32.2. The topological polar surface area (TPSA) is 47.6 Å². The Morgan fingerprint density at radius 3 is 2.77 bits per heavy atom. The summed E-state index contributed by atoms with van der Waals surface area (Å²) in [5.74, 6) is 2.08. The molecule has 2 aromatic carbocycles. The third-order valence-electron chi connectivity index (χ3n) is 3.30. The van der Waals surface area contributed by atoms with Crippen LogP contribution < -0.4 is 14.8 Å². The van der Waals surface area contributed by atoms with Gasteiger partial charge in [0.05, 0.1) is 0 Å². The average molecular weight is 315 g/mol. The van der Waals surface area contributed by atoms with E-state index in [-0.39, 0.29) is 5.91 Å². The Labute approximate surface area is 133 Å². The minimum Gasteiger partial charge on any atom is -0.486 e. The molecule has 0 atom stereocenters. The van der Waals surface area contributed by atoms with Crippen molar-refractivity contribution in [3.05, 3.63) is 53.6 Å². The lowest BCUT2D eigenvalue weighted by atomic mass is 10.1. The zero-order valence-electron chi connectivity index (χ0n) is 12.3. The highest BCUT2D eigenvalue weighted by Crippen LogP contribution is 2.31. The number of nitrogens with one attached hydrogen (secondary N) is 1. The zero-order chi connectivity index (χ0) is 15.4. The van der Waals surface area contributed by atoms with Gasteiger partial charge >= 0.3 is 0 Å². The van der Waals surface area contributed by atoms with Crippen molar-refractivity contribution < 1.29 is 14.3 Å². The van der Waals surface area contributed by atoms with Crippen LogP contribution in [0.25, 0.3) is 0 Å². The van der Waals surface area contributed by atoms with Gasteiger partial charge in [0.2, 0.25) is 0 Å². The average Bonchev–Trinajstić information content (AvgIpc) is 2.55. The number of carbonyl (C=O) groups excluding carboxylic acids is 1. The van der Waals surface area contributed by atoms with E-state index in [0.29, 0.717) is 30.3 Å². The molecule has 1 aliphatic rings. The highest BCUT2D eigenvalue weighted by molar-refractivity contribution is 7.97. The van der Waals surface area contributed by atoms with Crippen molar-refractivity contribution >= 4 is 23.4 Å². The van der Waals surface area contributed by atoms with Crippen molar-refractivity contribution in [1.82, 2.24) is 0 Å². The largest absolute Gasteiger partial charge is 0.486 e. The fourth-order valence-electron chi connectivity index (χ4n) is 2.29. The van der Waals surface area contributed by atoms with Crippen molar-refractivity contribution in [3.63, 3.8) is 0 Å². The lowest BCUT2D eigenvalue weighted by molar-refractivity contribution is 0.102. The van der Waals surface area contributed by atoms with Crippen LogP contribution in [0, 0.1) is 0 Å². The van der Waals surface area contributed by atoms with Crippen LogP contribution >= 0.6 is 11.8 Å². The highest BCUT2D eigenvalue weighted by Gasteiger charge is 2.15. The van der Waals surface area contributed by atoms with Gasteiger partial charge in [0.1, 0.15) is 13.2 Å². The Balaban J connectivity index is 1.75.